The van der Waals surface area contributed by atoms with Gasteiger partial charge in [0.1, 0.15) is 12.4 Å². The molecule has 2 aromatic carbocycles. The van der Waals surface area contributed by atoms with Gasteiger partial charge in [0.2, 0.25) is 0 Å². The fourth-order valence-electron chi connectivity index (χ4n) is 2.69. The van der Waals surface area contributed by atoms with Crippen LogP contribution in [-0.4, -0.2) is 41.2 Å². The monoisotopic (exact) mass is 396 g/mol. The Kier molecular flexibility index (Phi) is 7.21. The van der Waals surface area contributed by atoms with E-state index in [-0.39, 0.29) is 13.2 Å². The van der Waals surface area contributed by atoms with E-state index in [1.807, 2.05) is 36.4 Å². The van der Waals surface area contributed by atoms with Gasteiger partial charge in [-0.1, -0.05) is 36.4 Å². The Morgan fingerprint density at radius 2 is 2.03 bits per heavy atom. The van der Waals surface area contributed by atoms with Crippen LogP contribution in [0.3, 0.4) is 0 Å². The van der Waals surface area contributed by atoms with Gasteiger partial charge < -0.3 is 20.3 Å². The van der Waals surface area contributed by atoms with E-state index >= 15 is 0 Å². The van der Waals surface area contributed by atoms with Gasteiger partial charge in [-0.05, 0) is 23.3 Å². The van der Waals surface area contributed by atoms with Crippen molar-refractivity contribution < 1.29 is 19.4 Å². The average Bonchev–Trinajstić information content (AvgIpc) is 3.29. The van der Waals surface area contributed by atoms with E-state index in [2.05, 4.69) is 15.5 Å². The Morgan fingerprint density at radius 3 is 2.76 bits per heavy atom. The maximum Gasteiger partial charge on any atom is 0.411 e. The minimum atomic E-state index is -0.626. The second kappa shape index (κ2) is 10.3. The maximum atomic E-state index is 12.2. The minimum absolute atomic E-state index is 0.0175. The summed E-state index contributed by atoms with van der Waals surface area (Å²) in [4.78, 5) is 12.2. The highest BCUT2D eigenvalue weighted by molar-refractivity contribution is 5.87. The van der Waals surface area contributed by atoms with Gasteiger partial charge in [0.05, 0.1) is 24.5 Å². The number of amides is 1. The number of nitrogens with two attached hydrogens (primary N) is 1. The standard InChI is InChI=1S/C21H24N4O4/c22-18(15-5-2-1-3-6-15)14-29-21(27)25-19-8-7-16(17-12-23-24-13-17)11-20(19)28-10-4-9-26/h1-3,5-8,11-13,18,26H,4,9-10,14,22H2,(H,23,24)(H,25,27). The maximum absolute atomic E-state index is 12.2. The van der Waals surface area contributed by atoms with Crippen molar-refractivity contribution in [1.29, 1.82) is 0 Å². The molecule has 1 unspecified atom stereocenters. The molecule has 0 radical (unpaired) electrons. The molecule has 0 aliphatic heterocycles. The van der Waals surface area contributed by atoms with Gasteiger partial charge in [-0.3, -0.25) is 10.4 Å². The zero-order valence-corrected chi connectivity index (χ0v) is 15.9. The van der Waals surface area contributed by atoms with Crippen molar-refractivity contribution in [1.82, 2.24) is 10.2 Å². The summed E-state index contributed by atoms with van der Waals surface area (Å²) < 4.78 is 11.0. The number of ether oxygens (including phenoxy) is 2. The smallest absolute Gasteiger partial charge is 0.411 e. The predicted molar refractivity (Wildman–Crippen MR) is 110 cm³/mol. The van der Waals surface area contributed by atoms with Crippen LogP contribution < -0.4 is 15.8 Å². The highest BCUT2D eigenvalue weighted by atomic mass is 16.5. The molecule has 3 aromatic rings. The molecule has 0 aliphatic rings. The zero-order chi connectivity index (χ0) is 20.5. The Hall–Kier alpha value is -3.36. The quantitative estimate of drug-likeness (QED) is 0.412. The SMILES string of the molecule is NC(COC(=O)Nc1ccc(-c2cn[nH]c2)cc1OCCCO)c1ccccc1. The lowest BCUT2D eigenvalue weighted by Gasteiger charge is -2.15. The summed E-state index contributed by atoms with van der Waals surface area (Å²) in [5, 5.41) is 18.4. The van der Waals surface area contributed by atoms with Gasteiger partial charge in [0.25, 0.3) is 0 Å². The molecule has 0 spiro atoms. The van der Waals surface area contributed by atoms with E-state index in [1.54, 1.807) is 24.5 Å². The van der Waals surface area contributed by atoms with Crippen LogP contribution in [-0.2, 0) is 4.74 Å². The summed E-state index contributed by atoms with van der Waals surface area (Å²) in [5.74, 6) is 0.474. The molecule has 0 saturated heterocycles. The molecule has 1 heterocycles. The van der Waals surface area contributed by atoms with Crippen molar-refractivity contribution in [3.05, 3.63) is 66.5 Å². The fourth-order valence-corrected chi connectivity index (χ4v) is 2.69. The van der Waals surface area contributed by atoms with Crippen molar-refractivity contribution in [2.45, 2.75) is 12.5 Å². The van der Waals surface area contributed by atoms with Gasteiger partial charge in [0.15, 0.2) is 0 Å². The molecule has 29 heavy (non-hydrogen) atoms. The second-order valence-electron chi connectivity index (χ2n) is 6.36. The van der Waals surface area contributed by atoms with E-state index < -0.39 is 12.1 Å². The number of hydrogen-bond donors (Lipinski definition) is 4. The molecule has 1 atom stereocenters. The number of H-pyrrole nitrogens is 1. The molecular weight excluding hydrogens is 372 g/mol. The molecule has 1 aromatic heterocycles. The fraction of sp³-hybridized carbons (Fsp3) is 0.238. The van der Waals surface area contributed by atoms with Crippen molar-refractivity contribution >= 4 is 11.8 Å². The molecule has 0 fully saturated rings. The number of carbonyl (C=O) groups is 1. The van der Waals surface area contributed by atoms with Crippen LogP contribution in [0.2, 0.25) is 0 Å². The molecule has 0 saturated carbocycles. The van der Waals surface area contributed by atoms with Crippen LogP contribution in [0.1, 0.15) is 18.0 Å². The van der Waals surface area contributed by atoms with Crippen LogP contribution in [0.15, 0.2) is 60.9 Å². The van der Waals surface area contributed by atoms with Crippen molar-refractivity contribution in [2.24, 2.45) is 5.73 Å². The molecule has 0 bridgehead atoms. The van der Waals surface area contributed by atoms with Gasteiger partial charge in [0, 0.05) is 24.8 Å². The summed E-state index contributed by atoms with van der Waals surface area (Å²) in [5.41, 5.74) is 9.18. The first-order chi connectivity index (χ1) is 14.2. The number of aliphatic hydroxyl groups excluding tert-OH is 1. The number of aromatic nitrogens is 2. The number of nitrogens with zero attached hydrogens (tertiary/aromatic N) is 1. The molecule has 0 aliphatic carbocycles. The lowest BCUT2D eigenvalue weighted by Crippen LogP contribution is -2.22. The van der Waals surface area contributed by atoms with Crippen LogP contribution in [0, 0.1) is 0 Å². The van der Waals surface area contributed by atoms with E-state index in [9.17, 15) is 4.79 Å². The largest absolute Gasteiger partial charge is 0.491 e. The third-order valence-electron chi connectivity index (χ3n) is 4.23. The van der Waals surface area contributed by atoms with Gasteiger partial charge in [-0.15, -0.1) is 0 Å². The third kappa shape index (κ3) is 5.81. The summed E-state index contributed by atoms with van der Waals surface area (Å²) >= 11 is 0. The van der Waals surface area contributed by atoms with E-state index in [0.717, 1.165) is 16.7 Å². The molecule has 1 amide bonds. The Balaban J connectivity index is 1.65. The Labute approximate surface area is 168 Å². The summed E-state index contributed by atoms with van der Waals surface area (Å²) in [6.07, 6.45) is 3.31. The van der Waals surface area contributed by atoms with Crippen molar-refractivity contribution in [3.63, 3.8) is 0 Å². The third-order valence-corrected chi connectivity index (χ3v) is 4.23. The first kappa shape index (κ1) is 20.4. The number of nitrogens with one attached hydrogen (secondary N) is 2. The molecule has 3 rings (SSSR count). The number of carbonyl (C=O) groups excluding carboxylic acids is 1. The molecule has 8 heteroatoms. The molecule has 152 valence electrons. The Morgan fingerprint density at radius 1 is 1.21 bits per heavy atom. The van der Waals surface area contributed by atoms with E-state index in [4.69, 9.17) is 20.3 Å². The second-order valence-corrected chi connectivity index (χ2v) is 6.36. The lowest BCUT2D eigenvalue weighted by molar-refractivity contribution is 0.154. The van der Waals surface area contributed by atoms with Crippen LogP contribution in [0.5, 0.6) is 5.75 Å². The molecule has 8 nitrogen and oxygen atoms in total. The minimum Gasteiger partial charge on any atom is -0.491 e. The topological polar surface area (TPSA) is 122 Å². The summed E-state index contributed by atoms with van der Waals surface area (Å²) in [6, 6.07) is 14.4. The number of aromatic amines is 1. The first-order valence-corrected chi connectivity index (χ1v) is 9.28. The lowest BCUT2D eigenvalue weighted by atomic mass is 10.1. The van der Waals surface area contributed by atoms with Crippen molar-refractivity contribution in [2.75, 3.05) is 25.1 Å². The van der Waals surface area contributed by atoms with Crippen LogP contribution in [0.4, 0.5) is 10.5 Å². The normalized spacial score (nSPS) is 11.7. The number of benzene rings is 2. The summed E-state index contributed by atoms with van der Waals surface area (Å²) in [6.45, 7) is 0.376. The average molecular weight is 396 g/mol. The first-order valence-electron chi connectivity index (χ1n) is 9.28. The van der Waals surface area contributed by atoms with Gasteiger partial charge >= 0.3 is 6.09 Å². The summed E-state index contributed by atoms with van der Waals surface area (Å²) in [7, 11) is 0. The van der Waals surface area contributed by atoms with E-state index in [0.29, 0.717) is 24.5 Å². The highest BCUT2D eigenvalue weighted by Gasteiger charge is 2.13. The van der Waals surface area contributed by atoms with Gasteiger partial charge in [-0.25, -0.2) is 4.79 Å². The number of rotatable bonds is 9. The van der Waals surface area contributed by atoms with Gasteiger partial charge in [-0.2, -0.15) is 5.10 Å². The Bertz CT molecular complexity index is 900. The number of anilines is 1. The number of hydrogen-bond acceptors (Lipinski definition) is 6. The molecular formula is C21H24N4O4. The molecule has 5 N–H and O–H groups in total. The zero-order valence-electron chi connectivity index (χ0n) is 15.9. The van der Waals surface area contributed by atoms with Crippen LogP contribution >= 0.6 is 0 Å². The number of aliphatic hydroxyl groups is 1. The van der Waals surface area contributed by atoms with Crippen LogP contribution in [0.25, 0.3) is 11.1 Å². The van der Waals surface area contributed by atoms with Crippen molar-refractivity contribution in [3.8, 4) is 16.9 Å². The highest BCUT2D eigenvalue weighted by Crippen LogP contribution is 2.31. The van der Waals surface area contributed by atoms with E-state index in [1.165, 1.54) is 0 Å². The predicted octanol–water partition coefficient (Wildman–Crippen LogP) is 3.09.